The minimum Gasteiger partial charge on any atom is -0.408 e. The first-order valence-corrected chi connectivity index (χ1v) is 20.3. The molecule has 5 atom stereocenters. The third kappa shape index (κ3) is 7.25. The van der Waals surface area contributed by atoms with E-state index in [0.717, 1.165) is 16.7 Å². The number of aryl methyl sites for hydroxylation is 2. The minimum absolute atomic E-state index is 0.0178. The number of anilines is 1. The lowest BCUT2D eigenvalue weighted by Gasteiger charge is -2.35. The lowest BCUT2D eigenvalue weighted by atomic mass is 9.85. The number of benzene rings is 2. The first kappa shape index (κ1) is 37.7. The van der Waals surface area contributed by atoms with Crippen LogP contribution in [0.3, 0.4) is 0 Å². The molecule has 15 nitrogen and oxygen atoms in total. The molecule has 3 N–H and O–H groups in total. The second kappa shape index (κ2) is 14.0. The van der Waals surface area contributed by atoms with Gasteiger partial charge in [0.25, 0.3) is 5.91 Å². The molecule has 4 aromatic rings. The van der Waals surface area contributed by atoms with Gasteiger partial charge < -0.3 is 20.0 Å². The predicted molar refractivity (Wildman–Crippen MR) is 198 cm³/mol. The number of nitrogens with zero attached hydrogens (tertiary/aromatic N) is 6. The van der Waals surface area contributed by atoms with Crippen LogP contribution < -0.4 is 15.4 Å². The van der Waals surface area contributed by atoms with Crippen molar-refractivity contribution in [3.63, 3.8) is 0 Å². The topological polar surface area (TPSA) is 194 Å². The molecule has 2 aliphatic carbocycles. The number of halogens is 2. The van der Waals surface area contributed by atoms with E-state index in [-0.39, 0.29) is 19.0 Å². The highest BCUT2D eigenvalue weighted by molar-refractivity contribution is 7.91. The first-order valence-electron chi connectivity index (χ1n) is 18.8. The highest BCUT2D eigenvalue weighted by Gasteiger charge is 2.67. The van der Waals surface area contributed by atoms with E-state index in [9.17, 15) is 31.6 Å². The number of amides is 3. The van der Waals surface area contributed by atoms with Crippen LogP contribution in [-0.4, -0.2) is 92.1 Å². The van der Waals surface area contributed by atoms with Crippen molar-refractivity contribution in [2.75, 3.05) is 11.9 Å². The van der Waals surface area contributed by atoms with E-state index in [1.165, 1.54) is 9.70 Å². The smallest absolute Gasteiger partial charge is 0.316 e. The Bertz CT molecular complexity index is 2270. The van der Waals surface area contributed by atoms with Crippen LogP contribution in [-0.2, 0) is 37.2 Å². The van der Waals surface area contributed by atoms with Crippen molar-refractivity contribution in [3.05, 3.63) is 66.1 Å². The lowest BCUT2D eigenvalue weighted by molar-refractivity contribution is -0.141. The van der Waals surface area contributed by atoms with Gasteiger partial charge in [-0.2, -0.15) is 15.0 Å². The highest BCUT2D eigenvalue weighted by Crippen LogP contribution is 2.49. The molecule has 2 aliphatic heterocycles. The quantitative estimate of drug-likeness (QED) is 0.246. The molecule has 296 valence electrons. The standard InChI is InChI=1S/C38H43F2N9O6S/c1-37(2,3)31-34(51)48-20-24(18-27(48)33(50)42-38(19-26(38)32(39)40)35(52)47-56(53,54)25-15-16-25)49-45-29(22-11-5-4-6-12-22)30(46-49)23-13-7-9-21(17-23)10-8-14-28-43-44-36(41-31)55-28/h4-7,9,11-13,17,24-27,31-32H,8,10,14-16,18-20H2,1-3H3,(H,41,44)(H,42,50)(H,47,52)/t24-,26+,27+,31-,38-/m1/s1. The third-order valence-corrected chi connectivity index (χ3v) is 12.9. The molecule has 4 heterocycles. The zero-order chi connectivity index (χ0) is 39.6. The van der Waals surface area contributed by atoms with Gasteiger partial charge in [0.05, 0.1) is 17.2 Å². The maximum absolute atomic E-state index is 14.8. The number of nitrogens with one attached hydrogen (secondary N) is 3. The second-order valence-corrected chi connectivity index (χ2v) is 18.2. The van der Waals surface area contributed by atoms with Gasteiger partial charge in [-0.05, 0) is 49.1 Å². The van der Waals surface area contributed by atoms with Crippen molar-refractivity contribution >= 4 is 33.8 Å². The average molecular weight is 792 g/mol. The molecule has 0 unspecified atom stereocenters. The molecule has 4 aliphatic rings. The Balaban J connectivity index is 1.20. The number of fused-ring (bicyclic) bond motifs is 10. The van der Waals surface area contributed by atoms with Gasteiger partial charge in [0, 0.05) is 30.5 Å². The summed E-state index contributed by atoms with van der Waals surface area (Å²) >= 11 is 0. The number of hydrogen-bond donors (Lipinski definition) is 3. The van der Waals surface area contributed by atoms with Crippen LogP contribution in [0.25, 0.3) is 22.5 Å². The molecular formula is C38H43F2N9O6S. The van der Waals surface area contributed by atoms with Crippen molar-refractivity contribution in [1.29, 1.82) is 0 Å². The zero-order valence-corrected chi connectivity index (χ0v) is 31.9. The van der Waals surface area contributed by atoms with Gasteiger partial charge in [0.1, 0.15) is 29.0 Å². The predicted octanol–water partition coefficient (Wildman–Crippen LogP) is 3.90. The average Bonchev–Trinajstić information content (AvgIpc) is 3.98. The van der Waals surface area contributed by atoms with Gasteiger partial charge in [0.2, 0.25) is 34.2 Å². The molecule has 3 amide bonds. The molecule has 56 heavy (non-hydrogen) atoms. The summed E-state index contributed by atoms with van der Waals surface area (Å²) in [6.45, 7) is 5.42. The molecule has 2 aromatic heterocycles. The van der Waals surface area contributed by atoms with Crippen molar-refractivity contribution in [1.82, 2.24) is 40.1 Å². The van der Waals surface area contributed by atoms with Gasteiger partial charge in [-0.15, -0.1) is 5.10 Å². The van der Waals surface area contributed by atoms with E-state index in [1.54, 1.807) is 0 Å². The molecule has 3 fully saturated rings. The highest BCUT2D eigenvalue weighted by atomic mass is 32.2. The molecule has 8 rings (SSSR count). The van der Waals surface area contributed by atoms with Crippen molar-refractivity contribution in [2.24, 2.45) is 11.3 Å². The van der Waals surface area contributed by atoms with Gasteiger partial charge in [-0.1, -0.05) is 74.4 Å². The molecule has 0 radical (unpaired) electrons. The summed E-state index contributed by atoms with van der Waals surface area (Å²) in [6.07, 6.45) is -0.957. The Morgan fingerprint density at radius 1 is 1.00 bits per heavy atom. The Morgan fingerprint density at radius 2 is 1.71 bits per heavy atom. The van der Waals surface area contributed by atoms with Crippen molar-refractivity contribution in [3.8, 4) is 22.5 Å². The number of carbonyl (C=O) groups excluding carboxylic acids is 3. The van der Waals surface area contributed by atoms with Gasteiger partial charge >= 0.3 is 6.01 Å². The SMILES string of the molecule is CC(C)(C)[C@@H]1Nc2nnc(o2)CCCc2cccc(c2)-c2nn(nc2-c2ccccc2)[C@@H]2C[C@@H](C(=O)N[C@]3(C(=O)NS(=O)(=O)C4CC4)C[C@H]3C(F)F)N(C2)C1=O. The molecule has 0 spiro atoms. The van der Waals surface area contributed by atoms with Gasteiger partial charge in [0.15, 0.2) is 0 Å². The molecule has 8 bridgehead atoms. The summed E-state index contributed by atoms with van der Waals surface area (Å²) < 4.78 is 61.7. The largest absolute Gasteiger partial charge is 0.408 e. The normalized spacial score (nSPS) is 25.2. The fourth-order valence-electron chi connectivity index (χ4n) is 7.65. The molecule has 2 aromatic carbocycles. The lowest BCUT2D eigenvalue weighted by Crippen LogP contribution is -2.59. The van der Waals surface area contributed by atoms with Gasteiger partial charge in [-0.25, -0.2) is 17.2 Å². The number of hydrogen-bond acceptors (Lipinski definition) is 11. The number of alkyl halides is 2. The number of rotatable bonds is 7. The molecular weight excluding hydrogens is 749 g/mol. The second-order valence-electron chi connectivity index (χ2n) is 16.3. The fourth-order valence-corrected chi connectivity index (χ4v) is 9.01. The van der Waals surface area contributed by atoms with Crippen LogP contribution in [0.1, 0.15) is 70.4 Å². The summed E-state index contributed by atoms with van der Waals surface area (Å²) in [6, 6.07) is 14.5. The van der Waals surface area contributed by atoms with Crippen LogP contribution in [0.4, 0.5) is 14.8 Å². The fraction of sp³-hybridized carbons (Fsp3) is 0.500. The molecule has 2 saturated carbocycles. The van der Waals surface area contributed by atoms with E-state index in [0.29, 0.717) is 49.4 Å². The zero-order valence-electron chi connectivity index (χ0n) is 31.1. The summed E-state index contributed by atoms with van der Waals surface area (Å²) in [4.78, 5) is 45.5. The summed E-state index contributed by atoms with van der Waals surface area (Å²) in [5, 5.41) is 23.0. The Kier molecular flexibility index (Phi) is 9.44. The van der Waals surface area contributed by atoms with Crippen LogP contribution in [0.5, 0.6) is 0 Å². The van der Waals surface area contributed by atoms with E-state index < -0.39 is 80.8 Å². The Morgan fingerprint density at radius 3 is 2.39 bits per heavy atom. The van der Waals surface area contributed by atoms with Crippen LogP contribution in [0.2, 0.25) is 0 Å². The number of carbonyl (C=O) groups is 3. The number of aromatic nitrogens is 5. The van der Waals surface area contributed by atoms with Crippen molar-refractivity contribution < 1.29 is 36.0 Å². The van der Waals surface area contributed by atoms with Gasteiger partial charge in [-0.3, -0.25) is 19.1 Å². The maximum atomic E-state index is 14.8. The van der Waals surface area contributed by atoms with E-state index >= 15 is 0 Å². The monoisotopic (exact) mass is 791 g/mol. The summed E-state index contributed by atoms with van der Waals surface area (Å²) in [5.74, 6) is -3.88. The van der Waals surface area contributed by atoms with E-state index in [4.69, 9.17) is 14.6 Å². The van der Waals surface area contributed by atoms with E-state index in [2.05, 4.69) is 20.8 Å². The third-order valence-electron chi connectivity index (χ3n) is 11.0. The summed E-state index contributed by atoms with van der Waals surface area (Å²) in [5.41, 5.74) is 0.886. The number of sulfonamides is 1. The molecule has 18 heteroatoms. The van der Waals surface area contributed by atoms with E-state index in [1.807, 2.05) is 80.1 Å². The minimum atomic E-state index is -4.11. The Hall–Kier alpha value is -5.26. The van der Waals surface area contributed by atoms with Crippen LogP contribution in [0.15, 0.2) is 59.0 Å². The Labute approximate surface area is 322 Å². The van der Waals surface area contributed by atoms with Crippen LogP contribution >= 0.6 is 0 Å². The maximum Gasteiger partial charge on any atom is 0.316 e. The first-order chi connectivity index (χ1) is 26.6. The molecule has 1 saturated heterocycles. The summed E-state index contributed by atoms with van der Waals surface area (Å²) in [7, 11) is -4.11. The van der Waals surface area contributed by atoms with Crippen LogP contribution in [0, 0.1) is 11.3 Å². The van der Waals surface area contributed by atoms with Crippen molar-refractivity contribution in [2.45, 2.75) is 101 Å².